The summed E-state index contributed by atoms with van der Waals surface area (Å²) >= 11 is 0. The number of hydrogen-bond donors (Lipinski definition) is 0. The standard InChI is InChI=1S/C24H30N2O5S2/c27-32(28,25-13-5-1-2-6-14-25)19-9-11-23-21(17-19)22-18-20(10-12-24(22)31-23)33(29,30)26-15-7-3-4-8-16-26/h9-12,17-18H,1-8,13-16H2. The highest BCUT2D eigenvalue weighted by Crippen LogP contribution is 2.34. The number of hydrogen-bond acceptors (Lipinski definition) is 5. The van der Waals surface area contributed by atoms with Crippen molar-refractivity contribution in [2.75, 3.05) is 26.2 Å². The van der Waals surface area contributed by atoms with Gasteiger partial charge in [0.2, 0.25) is 20.0 Å². The Bertz CT molecular complexity index is 1260. The number of rotatable bonds is 4. The molecule has 0 atom stereocenters. The van der Waals surface area contributed by atoms with Gasteiger partial charge in [0.1, 0.15) is 11.2 Å². The van der Waals surface area contributed by atoms with Crippen molar-refractivity contribution in [3.8, 4) is 0 Å². The molecule has 7 nitrogen and oxygen atoms in total. The van der Waals surface area contributed by atoms with Crippen molar-refractivity contribution in [2.45, 2.75) is 61.2 Å². The number of sulfonamides is 2. The third kappa shape index (κ3) is 4.32. The summed E-state index contributed by atoms with van der Waals surface area (Å²) < 4.78 is 62.2. The zero-order valence-corrected chi connectivity index (χ0v) is 20.3. The first-order chi connectivity index (χ1) is 15.9. The minimum atomic E-state index is -3.62. The number of nitrogens with zero attached hydrogens (tertiary/aromatic N) is 2. The van der Waals surface area contributed by atoms with Crippen LogP contribution in [-0.2, 0) is 20.0 Å². The summed E-state index contributed by atoms with van der Waals surface area (Å²) in [5.41, 5.74) is 1.09. The molecule has 5 rings (SSSR count). The van der Waals surface area contributed by atoms with E-state index in [0.717, 1.165) is 51.4 Å². The van der Waals surface area contributed by atoms with Crippen molar-refractivity contribution in [3.63, 3.8) is 0 Å². The van der Waals surface area contributed by atoms with Crippen molar-refractivity contribution < 1.29 is 21.3 Å². The van der Waals surface area contributed by atoms with Crippen LogP contribution >= 0.6 is 0 Å². The second-order valence-electron chi connectivity index (χ2n) is 9.05. The molecule has 2 saturated heterocycles. The van der Waals surface area contributed by atoms with Crippen LogP contribution in [0.25, 0.3) is 21.9 Å². The Hall–Kier alpha value is -1.94. The summed E-state index contributed by atoms with van der Waals surface area (Å²) in [4.78, 5) is 0.445. The van der Waals surface area contributed by atoms with Gasteiger partial charge in [0, 0.05) is 37.0 Å². The molecule has 0 bridgehead atoms. The van der Waals surface area contributed by atoms with Gasteiger partial charge in [-0.2, -0.15) is 8.61 Å². The summed E-state index contributed by atoms with van der Waals surface area (Å²) in [5.74, 6) is 0. The Morgan fingerprint density at radius 3 is 1.27 bits per heavy atom. The molecular weight excluding hydrogens is 460 g/mol. The topological polar surface area (TPSA) is 87.9 Å². The van der Waals surface area contributed by atoms with E-state index in [9.17, 15) is 16.8 Å². The lowest BCUT2D eigenvalue weighted by Gasteiger charge is -2.20. The highest BCUT2D eigenvalue weighted by Gasteiger charge is 2.28. The van der Waals surface area contributed by atoms with Crippen LogP contribution in [0.4, 0.5) is 0 Å². The first-order valence-electron chi connectivity index (χ1n) is 11.8. The molecule has 2 aromatic carbocycles. The zero-order chi connectivity index (χ0) is 23.1. The molecule has 0 aliphatic carbocycles. The van der Waals surface area contributed by atoms with Crippen LogP contribution in [-0.4, -0.2) is 51.6 Å². The average Bonchev–Trinajstić information content (AvgIpc) is 3.05. The molecule has 178 valence electrons. The van der Waals surface area contributed by atoms with Crippen LogP contribution in [0.1, 0.15) is 51.4 Å². The van der Waals surface area contributed by atoms with Crippen LogP contribution in [0.5, 0.6) is 0 Å². The Morgan fingerprint density at radius 1 is 0.545 bits per heavy atom. The van der Waals surface area contributed by atoms with Crippen LogP contribution in [0.15, 0.2) is 50.6 Å². The lowest BCUT2D eigenvalue weighted by molar-refractivity contribution is 0.423. The molecule has 2 fully saturated rings. The maximum atomic E-state index is 13.3. The molecule has 3 aromatic rings. The lowest BCUT2D eigenvalue weighted by Crippen LogP contribution is -2.32. The van der Waals surface area contributed by atoms with Gasteiger partial charge in [0.05, 0.1) is 9.79 Å². The highest BCUT2D eigenvalue weighted by atomic mass is 32.2. The minimum Gasteiger partial charge on any atom is -0.456 e. The SMILES string of the molecule is O=S(=O)(c1ccc2oc3ccc(S(=O)(=O)N4CCCCCC4)cc3c2c1)N1CCCCCC1. The molecule has 0 saturated carbocycles. The Morgan fingerprint density at radius 2 is 0.909 bits per heavy atom. The highest BCUT2D eigenvalue weighted by molar-refractivity contribution is 7.89. The third-order valence-corrected chi connectivity index (χ3v) is 10.6. The van der Waals surface area contributed by atoms with Gasteiger partial charge in [-0.15, -0.1) is 0 Å². The predicted molar refractivity (Wildman–Crippen MR) is 128 cm³/mol. The van der Waals surface area contributed by atoms with E-state index in [2.05, 4.69) is 0 Å². The molecule has 0 unspecified atom stereocenters. The number of fused-ring (bicyclic) bond motifs is 3. The predicted octanol–water partition coefficient (Wildman–Crippen LogP) is 4.72. The minimum absolute atomic E-state index is 0.223. The Labute approximate surface area is 195 Å². The Kier molecular flexibility index (Phi) is 6.24. The summed E-state index contributed by atoms with van der Waals surface area (Å²) in [6.07, 6.45) is 7.66. The fraction of sp³-hybridized carbons (Fsp3) is 0.500. The van der Waals surface area contributed by atoms with Gasteiger partial charge in [0.15, 0.2) is 0 Å². The van der Waals surface area contributed by atoms with E-state index in [1.165, 1.54) is 0 Å². The first kappa shape index (κ1) is 22.8. The van der Waals surface area contributed by atoms with Crippen LogP contribution in [0, 0.1) is 0 Å². The monoisotopic (exact) mass is 490 g/mol. The second kappa shape index (κ2) is 9.02. The molecular formula is C24H30N2O5S2. The summed E-state index contributed by atoms with van der Waals surface area (Å²) in [5, 5.41) is 1.24. The van der Waals surface area contributed by atoms with Crippen molar-refractivity contribution in [2.24, 2.45) is 0 Å². The van der Waals surface area contributed by atoms with E-state index < -0.39 is 20.0 Å². The average molecular weight is 491 g/mol. The fourth-order valence-electron chi connectivity index (χ4n) is 4.92. The maximum Gasteiger partial charge on any atom is 0.243 e. The molecule has 0 N–H and O–H groups in total. The van der Waals surface area contributed by atoms with Gasteiger partial charge in [-0.05, 0) is 62.1 Å². The van der Waals surface area contributed by atoms with Crippen LogP contribution in [0.3, 0.4) is 0 Å². The summed E-state index contributed by atoms with van der Waals surface area (Å²) in [6.45, 7) is 2.13. The molecule has 33 heavy (non-hydrogen) atoms. The molecule has 3 heterocycles. The fourth-order valence-corrected chi connectivity index (χ4v) is 8.01. The van der Waals surface area contributed by atoms with Gasteiger partial charge in [-0.25, -0.2) is 16.8 Å². The van der Waals surface area contributed by atoms with Gasteiger partial charge >= 0.3 is 0 Å². The summed E-state index contributed by atoms with van der Waals surface area (Å²) in [7, 11) is -7.24. The summed E-state index contributed by atoms with van der Waals surface area (Å²) in [6, 6.07) is 9.76. The quantitative estimate of drug-likeness (QED) is 0.528. The molecule has 1 aromatic heterocycles. The molecule has 2 aliphatic rings. The van der Waals surface area contributed by atoms with E-state index >= 15 is 0 Å². The van der Waals surface area contributed by atoms with Crippen molar-refractivity contribution in [3.05, 3.63) is 36.4 Å². The number of benzene rings is 2. The molecule has 0 amide bonds. The van der Waals surface area contributed by atoms with Gasteiger partial charge in [-0.1, -0.05) is 25.7 Å². The van der Waals surface area contributed by atoms with Crippen molar-refractivity contribution in [1.82, 2.24) is 8.61 Å². The molecule has 0 radical (unpaired) electrons. The third-order valence-electron chi connectivity index (χ3n) is 6.82. The van der Waals surface area contributed by atoms with E-state index in [1.54, 1.807) is 45.0 Å². The van der Waals surface area contributed by atoms with Crippen molar-refractivity contribution >= 4 is 42.0 Å². The Balaban J connectivity index is 1.56. The van der Waals surface area contributed by atoms with Crippen molar-refractivity contribution in [1.29, 1.82) is 0 Å². The van der Waals surface area contributed by atoms with E-state index in [-0.39, 0.29) is 9.79 Å². The second-order valence-corrected chi connectivity index (χ2v) is 12.9. The van der Waals surface area contributed by atoms with Gasteiger partial charge in [0.25, 0.3) is 0 Å². The van der Waals surface area contributed by atoms with E-state index in [1.807, 2.05) is 0 Å². The van der Waals surface area contributed by atoms with Crippen LogP contribution in [0.2, 0.25) is 0 Å². The van der Waals surface area contributed by atoms with E-state index in [4.69, 9.17) is 4.42 Å². The number of furan rings is 1. The normalized spacial score (nSPS) is 20.1. The van der Waals surface area contributed by atoms with Gasteiger partial charge < -0.3 is 4.42 Å². The first-order valence-corrected chi connectivity index (χ1v) is 14.7. The van der Waals surface area contributed by atoms with Crippen LogP contribution < -0.4 is 0 Å². The van der Waals surface area contributed by atoms with E-state index in [0.29, 0.717) is 48.1 Å². The maximum absolute atomic E-state index is 13.3. The molecule has 0 spiro atoms. The molecule has 9 heteroatoms. The smallest absolute Gasteiger partial charge is 0.243 e. The largest absolute Gasteiger partial charge is 0.456 e. The van der Waals surface area contributed by atoms with Gasteiger partial charge in [-0.3, -0.25) is 0 Å². The lowest BCUT2D eigenvalue weighted by atomic mass is 10.1. The molecule has 2 aliphatic heterocycles. The zero-order valence-electron chi connectivity index (χ0n) is 18.7.